The van der Waals surface area contributed by atoms with Gasteiger partial charge in [0.1, 0.15) is 0 Å². The number of nitro groups is 1. The van der Waals surface area contributed by atoms with Gasteiger partial charge >= 0.3 is 0 Å². The van der Waals surface area contributed by atoms with Gasteiger partial charge in [0.25, 0.3) is 5.69 Å². The van der Waals surface area contributed by atoms with E-state index in [-0.39, 0.29) is 5.69 Å². The molecule has 0 saturated carbocycles. The largest absolute Gasteiger partial charge is 0.399 e. The summed E-state index contributed by atoms with van der Waals surface area (Å²) in [4.78, 5) is 10.1. The van der Waals surface area contributed by atoms with E-state index < -0.39 is 4.92 Å². The second-order valence-corrected chi connectivity index (χ2v) is 4.02. The van der Waals surface area contributed by atoms with Crippen LogP contribution in [-0.4, -0.2) is 4.92 Å². The van der Waals surface area contributed by atoms with Crippen molar-refractivity contribution in [2.45, 2.75) is 6.92 Å². The molecule has 0 spiro atoms. The van der Waals surface area contributed by atoms with Crippen molar-refractivity contribution >= 4 is 22.7 Å². The summed E-state index contributed by atoms with van der Waals surface area (Å²) in [6, 6.07) is 11.2. The van der Waals surface area contributed by atoms with Crippen LogP contribution in [0.15, 0.2) is 52.7 Å². The first-order valence-electron chi connectivity index (χ1n) is 5.58. The normalized spacial score (nSPS) is 10.8. The van der Waals surface area contributed by atoms with Gasteiger partial charge in [0, 0.05) is 17.8 Å². The molecule has 0 bridgehead atoms. The molecule has 2 aromatic carbocycles. The van der Waals surface area contributed by atoms with E-state index in [0.29, 0.717) is 17.1 Å². The highest BCUT2D eigenvalue weighted by atomic mass is 16.6. The molecule has 96 valence electrons. The predicted octanol–water partition coefficient (Wildman–Crippen LogP) is 3.90. The molecule has 0 aliphatic heterocycles. The SMILES string of the molecule is Cc1cc(N)ccc1/N=N/c1ccc([N+](=O)[O-])cc1. The molecule has 19 heavy (non-hydrogen) atoms. The minimum atomic E-state index is -0.453. The summed E-state index contributed by atoms with van der Waals surface area (Å²) in [6.45, 7) is 1.89. The third-order valence-electron chi connectivity index (χ3n) is 2.55. The standard InChI is InChI=1S/C13H12N4O2/c1-9-8-10(14)2-7-13(9)16-15-11-3-5-12(6-4-11)17(18)19/h2-8H,14H2,1H3/b16-15+. The molecule has 0 heterocycles. The smallest absolute Gasteiger partial charge is 0.269 e. The Morgan fingerprint density at radius 2 is 1.79 bits per heavy atom. The summed E-state index contributed by atoms with van der Waals surface area (Å²) < 4.78 is 0. The van der Waals surface area contributed by atoms with E-state index in [1.54, 1.807) is 24.3 Å². The van der Waals surface area contributed by atoms with Crippen molar-refractivity contribution < 1.29 is 4.92 Å². The molecule has 2 aromatic rings. The minimum Gasteiger partial charge on any atom is -0.399 e. The molecular formula is C13H12N4O2. The van der Waals surface area contributed by atoms with Crippen LogP contribution in [0.2, 0.25) is 0 Å². The Balaban J connectivity index is 2.20. The number of nitrogen functional groups attached to an aromatic ring is 1. The summed E-state index contributed by atoms with van der Waals surface area (Å²) >= 11 is 0. The lowest BCUT2D eigenvalue weighted by Crippen LogP contribution is -1.85. The average molecular weight is 256 g/mol. The maximum absolute atomic E-state index is 10.5. The summed E-state index contributed by atoms with van der Waals surface area (Å²) in [5.41, 5.74) is 8.54. The topological polar surface area (TPSA) is 93.9 Å². The summed E-state index contributed by atoms with van der Waals surface area (Å²) in [5.74, 6) is 0. The number of nitrogens with zero attached hydrogens (tertiary/aromatic N) is 3. The van der Waals surface area contributed by atoms with Crippen LogP contribution in [0, 0.1) is 17.0 Å². The van der Waals surface area contributed by atoms with Crippen LogP contribution in [0.4, 0.5) is 22.7 Å². The maximum Gasteiger partial charge on any atom is 0.269 e. The highest BCUT2D eigenvalue weighted by molar-refractivity contribution is 5.54. The van der Waals surface area contributed by atoms with E-state index in [9.17, 15) is 10.1 Å². The first-order valence-corrected chi connectivity index (χ1v) is 5.58. The molecule has 0 amide bonds. The number of rotatable bonds is 3. The van der Waals surface area contributed by atoms with Crippen molar-refractivity contribution in [3.63, 3.8) is 0 Å². The van der Waals surface area contributed by atoms with Gasteiger partial charge < -0.3 is 5.73 Å². The van der Waals surface area contributed by atoms with Gasteiger partial charge in [0.05, 0.1) is 16.3 Å². The quantitative estimate of drug-likeness (QED) is 0.390. The first kappa shape index (κ1) is 12.7. The number of non-ortho nitro benzene ring substituents is 1. The molecule has 0 aliphatic rings. The third-order valence-corrected chi connectivity index (χ3v) is 2.55. The van der Waals surface area contributed by atoms with Crippen LogP contribution in [0.25, 0.3) is 0 Å². The highest BCUT2D eigenvalue weighted by Crippen LogP contribution is 2.24. The van der Waals surface area contributed by atoms with E-state index in [1.165, 1.54) is 12.1 Å². The Labute approximate surface area is 109 Å². The lowest BCUT2D eigenvalue weighted by Gasteiger charge is -1.99. The van der Waals surface area contributed by atoms with Crippen molar-refractivity contribution in [1.82, 2.24) is 0 Å². The average Bonchev–Trinajstić information content (AvgIpc) is 2.38. The monoisotopic (exact) mass is 256 g/mol. The third kappa shape index (κ3) is 3.12. The van der Waals surface area contributed by atoms with Crippen molar-refractivity contribution in [1.29, 1.82) is 0 Å². The zero-order valence-electron chi connectivity index (χ0n) is 10.3. The van der Waals surface area contributed by atoms with Gasteiger partial charge in [0.2, 0.25) is 0 Å². The molecule has 6 nitrogen and oxygen atoms in total. The van der Waals surface area contributed by atoms with Crippen molar-refractivity contribution in [2.75, 3.05) is 5.73 Å². The molecule has 0 unspecified atom stereocenters. The maximum atomic E-state index is 10.5. The van der Waals surface area contributed by atoms with E-state index in [4.69, 9.17) is 5.73 Å². The van der Waals surface area contributed by atoms with E-state index in [0.717, 1.165) is 5.56 Å². The van der Waals surface area contributed by atoms with Crippen LogP contribution >= 0.6 is 0 Å². The number of aryl methyl sites for hydroxylation is 1. The number of azo groups is 1. The fourth-order valence-electron chi connectivity index (χ4n) is 1.54. The Bertz CT molecular complexity index is 636. The van der Waals surface area contributed by atoms with Gasteiger partial charge in [-0.3, -0.25) is 10.1 Å². The van der Waals surface area contributed by atoms with Gasteiger partial charge in [-0.15, -0.1) is 0 Å². The van der Waals surface area contributed by atoms with E-state index in [2.05, 4.69) is 10.2 Å². The second-order valence-electron chi connectivity index (χ2n) is 4.02. The summed E-state index contributed by atoms with van der Waals surface area (Å²) in [5, 5.41) is 18.6. The van der Waals surface area contributed by atoms with Crippen molar-refractivity contribution in [3.05, 3.63) is 58.1 Å². The molecular weight excluding hydrogens is 244 g/mol. The van der Waals surface area contributed by atoms with Crippen molar-refractivity contribution in [3.8, 4) is 0 Å². The molecule has 0 saturated heterocycles. The Morgan fingerprint density at radius 3 is 2.37 bits per heavy atom. The van der Waals surface area contributed by atoms with E-state index >= 15 is 0 Å². The van der Waals surface area contributed by atoms with Gasteiger partial charge in [-0.05, 0) is 42.8 Å². The first-order chi connectivity index (χ1) is 9.06. The van der Waals surface area contributed by atoms with Crippen molar-refractivity contribution in [2.24, 2.45) is 10.2 Å². The Kier molecular flexibility index (Phi) is 3.51. The Hall–Kier alpha value is -2.76. The molecule has 0 fully saturated rings. The molecule has 0 aromatic heterocycles. The van der Waals surface area contributed by atoms with Crippen LogP contribution in [0.5, 0.6) is 0 Å². The number of hydrogen-bond acceptors (Lipinski definition) is 5. The molecule has 0 aliphatic carbocycles. The number of nitrogens with two attached hydrogens (primary N) is 1. The van der Waals surface area contributed by atoms with Crippen LogP contribution in [0.3, 0.4) is 0 Å². The minimum absolute atomic E-state index is 0.0302. The molecule has 2 N–H and O–H groups in total. The zero-order chi connectivity index (χ0) is 13.8. The number of hydrogen-bond donors (Lipinski definition) is 1. The van der Waals surface area contributed by atoms with Gasteiger partial charge in [-0.1, -0.05) is 0 Å². The van der Waals surface area contributed by atoms with Gasteiger partial charge in [-0.2, -0.15) is 10.2 Å². The fourth-order valence-corrected chi connectivity index (χ4v) is 1.54. The zero-order valence-corrected chi connectivity index (χ0v) is 10.3. The van der Waals surface area contributed by atoms with Crippen LogP contribution in [-0.2, 0) is 0 Å². The highest BCUT2D eigenvalue weighted by Gasteiger charge is 2.03. The van der Waals surface area contributed by atoms with Gasteiger partial charge in [0.15, 0.2) is 0 Å². The van der Waals surface area contributed by atoms with Gasteiger partial charge in [-0.25, -0.2) is 0 Å². The van der Waals surface area contributed by atoms with E-state index in [1.807, 2.05) is 13.0 Å². The molecule has 0 radical (unpaired) electrons. The lowest BCUT2D eigenvalue weighted by molar-refractivity contribution is -0.384. The fraction of sp³-hybridized carbons (Fsp3) is 0.0769. The lowest BCUT2D eigenvalue weighted by atomic mass is 10.2. The predicted molar refractivity (Wildman–Crippen MR) is 72.9 cm³/mol. The number of nitro benzene ring substituents is 1. The molecule has 2 rings (SSSR count). The van der Waals surface area contributed by atoms with Crippen LogP contribution in [0.1, 0.15) is 5.56 Å². The summed E-state index contributed by atoms with van der Waals surface area (Å²) in [7, 11) is 0. The second kappa shape index (κ2) is 5.26. The molecule has 6 heteroatoms. The summed E-state index contributed by atoms with van der Waals surface area (Å²) in [6.07, 6.45) is 0. The number of benzene rings is 2. The Morgan fingerprint density at radius 1 is 1.11 bits per heavy atom. The molecule has 0 atom stereocenters. The van der Waals surface area contributed by atoms with Crippen LogP contribution < -0.4 is 5.73 Å². The number of anilines is 1.